The van der Waals surface area contributed by atoms with Crippen molar-refractivity contribution in [2.75, 3.05) is 6.61 Å². The highest BCUT2D eigenvalue weighted by atomic mass is 16.5. The minimum Gasteiger partial charge on any atom is -0.490 e. The van der Waals surface area contributed by atoms with Gasteiger partial charge in [-0.1, -0.05) is 30.3 Å². The number of ether oxygens (including phenoxy) is 1. The lowest BCUT2D eigenvalue weighted by Crippen LogP contribution is -2.10. The third-order valence-electron chi connectivity index (χ3n) is 3.30. The molecular formula is C18H14O4. The topological polar surface area (TPSA) is 56.5 Å². The Morgan fingerprint density at radius 3 is 2.27 bits per heavy atom. The minimum absolute atomic E-state index is 0.201. The van der Waals surface area contributed by atoms with Crippen molar-refractivity contribution in [3.05, 3.63) is 76.1 Å². The summed E-state index contributed by atoms with van der Waals surface area (Å²) in [7, 11) is 0. The van der Waals surface area contributed by atoms with Crippen LogP contribution in [0.5, 0.6) is 5.75 Å². The van der Waals surface area contributed by atoms with E-state index in [4.69, 9.17) is 9.15 Å². The summed E-state index contributed by atoms with van der Waals surface area (Å²) in [4.78, 5) is 21.7. The lowest BCUT2D eigenvalue weighted by Gasteiger charge is -2.10. The van der Waals surface area contributed by atoms with Crippen molar-refractivity contribution >= 4 is 16.8 Å². The number of rotatable bonds is 2. The average molecular weight is 294 g/mol. The number of hydrogen-bond acceptors (Lipinski definition) is 4. The normalized spacial score (nSPS) is 11.4. The molecule has 0 atom stereocenters. The molecule has 3 aromatic rings. The second-order valence-corrected chi connectivity index (χ2v) is 4.77. The monoisotopic (exact) mass is 294 g/mol. The molecule has 0 unspecified atom stereocenters. The molecule has 2 aliphatic carbocycles. The average Bonchev–Trinajstić information content (AvgIpc) is 2.56. The molecule has 1 heterocycles. The molecule has 0 radical (unpaired) electrons. The maximum Gasteiger partial charge on any atom is 0.336 e. The van der Waals surface area contributed by atoms with Gasteiger partial charge in [0.05, 0.1) is 6.61 Å². The van der Waals surface area contributed by atoms with Crippen LogP contribution in [-0.4, -0.2) is 12.4 Å². The van der Waals surface area contributed by atoms with Gasteiger partial charge in [-0.3, -0.25) is 4.79 Å². The van der Waals surface area contributed by atoms with Gasteiger partial charge in [0.1, 0.15) is 0 Å². The predicted molar refractivity (Wildman–Crippen MR) is 83.5 cm³/mol. The molecule has 0 spiro atoms. The zero-order chi connectivity index (χ0) is 15.5. The fraction of sp³-hybridized carbons (Fsp3) is 0.111. The van der Waals surface area contributed by atoms with Crippen LogP contribution in [0.3, 0.4) is 0 Å². The third kappa shape index (κ3) is 2.63. The first-order chi connectivity index (χ1) is 10.7. The van der Waals surface area contributed by atoms with Crippen LogP contribution in [0, 0.1) is 0 Å². The van der Waals surface area contributed by atoms with Crippen LogP contribution in [-0.2, 0) is 0 Å². The Kier molecular flexibility index (Phi) is 3.74. The van der Waals surface area contributed by atoms with E-state index in [1.165, 1.54) is 6.07 Å². The quantitative estimate of drug-likeness (QED) is 0.531. The van der Waals surface area contributed by atoms with Gasteiger partial charge in [0.15, 0.2) is 17.1 Å². The van der Waals surface area contributed by atoms with Crippen LogP contribution in [0.1, 0.15) is 22.8 Å². The molecule has 22 heavy (non-hydrogen) atoms. The van der Waals surface area contributed by atoms with E-state index in [0.717, 1.165) is 16.5 Å². The summed E-state index contributed by atoms with van der Waals surface area (Å²) in [5, 5.41) is 0.871. The molecule has 2 aromatic carbocycles. The summed E-state index contributed by atoms with van der Waals surface area (Å²) >= 11 is 0. The second-order valence-electron chi connectivity index (χ2n) is 4.77. The van der Waals surface area contributed by atoms with E-state index in [0.29, 0.717) is 17.9 Å². The molecular weight excluding hydrogens is 280 g/mol. The Morgan fingerprint density at radius 1 is 0.955 bits per heavy atom. The maximum absolute atomic E-state index is 11.0. The van der Waals surface area contributed by atoms with E-state index in [-0.39, 0.29) is 11.4 Å². The Balaban J connectivity index is 0.000000151. The van der Waals surface area contributed by atoms with E-state index >= 15 is 0 Å². The summed E-state index contributed by atoms with van der Waals surface area (Å²) in [5.74, 6) is 0.815. The minimum atomic E-state index is -0.357. The Labute approximate surface area is 127 Å². The first-order valence-corrected chi connectivity index (χ1v) is 6.99. The highest BCUT2D eigenvalue weighted by Gasteiger charge is 2.17. The fourth-order valence-electron chi connectivity index (χ4n) is 2.23. The summed E-state index contributed by atoms with van der Waals surface area (Å²) in [6, 6.07) is 16.1. The van der Waals surface area contributed by atoms with E-state index in [9.17, 15) is 9.59 Å². The van der Waals surface area contributed by atoms with Crippen LogP contribution in [0.4, 0.5) is 0 Å². The van der Waals surface area contributed by atoms with E-state index in [1.807, 2.05) is 43.3 Å². The van der Waals surface area contributed by atoms with E-state index in [2.05, 4.69) is 0 Å². The molecule has 0 saturated heterocycles. The molecule has 1 aromatic heterocycles. The molecule has 0 fully saturated rings. The van der Waals surface area contributed by atoms with Crippen LogP contribution in [0.25, 0.3) is 11.0 Å². The summed E-state index contributed by atoms with van der Waals surface area (Å²) in [5.41, 5.74) is 1.86. The summed E-state index contributed by atoms with van der Waals surface area (Å²) in [6.45, 7) is 2.44. The molecule has 0 aliphatic heterocycles. The van der Waals surface area contributed by atoms with Gasteiger partial charge in [-0.25, -0.2) is 4.79 Å². The summed E-state index contributed by atoms with van der Waals surface area (Å²) < 4.78 is 10.4. The van der Waals surface area contributed by atoms with Crippen LogP contribution in [0.2, 0.25) is 0 Å². The molecule has 110 valence electrons. The smallest absolute Gasteiger partial charge is 0.336 e. The van der Waals surface area contributed by atoms with Gasteiger partial charge in [0.2, 0.25) is 0 Å². The lowest BCUT2D eigenvalue weighted by atomic mass is 9.92. The van der Waals surface area contributed by atoms with Crippen molar-refractivity contribution in [2.24, 2.45) is 0 Å². The first kappa shape index (κ1) is 14.1. The van der Waals surface area contributed by atoms with Gasteiger partial charge >= 0.3 is 5.63 Å². The van der Waals surface area contributed by atoms with E-state index < -0.39 is 0 Å². The van der Waals surface area contributed by atoms with E-state index in [1.54, 1.807) is 12.1 Å². The first-order valence-electron chi connectivity index (χ1n) is 6.99. The SMILES string of the molecule is CCOc1cccc2ccc(=O)oc12.O=C1c2cccc1c2. The van der Waals surface area contributed by atoms with Crippen molar-refractivity contribution in [1.29, 1.82) is 0 Å². The zero-order valence-corrected chi connectivity index (χ0v) is 12.0. The van der Waals surface area contributed by atoms with Gasteiger partial charge < -0.3 is 9.15 Å². The van der Waals surface area contributed by atoms with Crippen LogP contribution < -0.4 is 10.4 Å². The zero-order valence-electron chi connectivity index (χ0n) is 12.0. The number of fused-ring (bicyclic) bond motifs is 3. The predicted octanol–water partition coefficient (Wildman–Crippen LogP) is 3.42. The third-order valence-corrected chi connectivity index (χ3v) is 3.30. The number of benzene rings is 2. The molecule has 0 amide bonds. The lowest BCUT2D eigenvalue weighted by molar-refractivity contribution is 0.102. The molecule has 0 N–H and O–H groups in total. The number of carbonyl (C=O) groups excluding carboxylic acids is 1. The van der Waals surface area contributed by atoms with Crippen molar-refractivity contribution in [2.45, 2.75) is 6.92 Å². The number of hydrogen-bond donors (Lipinski definition) is 0. The molecule has 4 heteroatoms. The van der Waals surface area contributed by atoms with Gasteiger partial charge in [-0.15, -0.1) is 0 Å². The van der Waals surface area contributed by atoms with Gasteiger partial charge in [0, 0.05) is 22.6 Å². The van der Waals surface area contributed by atoms with Crippen molar-refractivity contribution in [1.82, 2.24) is 0 Å². The van der Waals surface area contributed by atoms with Crippen molar-refractivity contribution < 1.29 is 13.9 Å². The Morgan fingerprint density at radius 2 is 1.68 bits per heavy atom. The molecule has 2 bridgehead atoms. The van der Waals surface area contributed by atoms with Gasteiger partial charge in [-0.05, 0) is 25.1 Å². The van der Waals surface area contributed by atoms with Crippen molar-refractivity contribution in [3.8, 4) is 5.75 Å². The Hall–Kier alpha value is -2.88. The molecule has 2 aliphatic rings. The molecule has 5 rings (SSSR count). The van der Waals surface area contributed by atoms with Gasteiger partial charge in [0.25, 0.3) is 0 Å². The number of carbonyl (C=O) groups is 1. The fourth-order valence-corrected chi connectivity index (χ4v) is 2.23. The largest absolute Gasteiger partial charge is 0.490 e. The standard InChI is InChI=1S/C11H10O3.C7H4O/c1-2-13-9-5-3-4-8-6-7-10(12)14-11(8)9;8-7-5-2-1-3-6(7)4-5/h3-7H,2H2,1H3;1-4H. The molecule has 0 saturated carbocycles. The second kappa shape index (κ2) is 5.85. The van der Waals surface area contributed by atoms with Gasteiger partial charge in [-0.2, -0.15) is 0 Å². The highest BCUT2D eigenvalue weighted by Crippen LogP contribution is 2.23. The summed E-state index contributed by atoms with van der Waals surface area (Å²) in [6.07, 6.45) is 0. The molecule has 4 nitrogen and oxygen atoms in total. The highest BCUT2D eigenvalue weighted by molar-refractivity contribution is 6.16. The van der Waals surface area contributed by atoms with Crippen LogP contribution >= 0.6 is 0 Å². The van der Waals surface area contributed by atoms with Crippen LogP contribution in [0.15, 0.2) is 63.8 Å². The Bertz CT molecular complexity index is 864. The number of ketones is 1. The van der Waals surface area contributed by atoms with Crippen molar-refractivity contribution in [3.63, 3.8) is 0 Å². The number of para-hydroxylation sites is 1. The maximum atomic E-state index is 11.0.